The lowest BCUT2D eigenvalue weighted by Gasteiger charge is -2.34. The maximum atomic E-state index is 14.1. The number of hydrogen-bond acceptors (Lipinski definition) is 3. The fraction of sp³-hybridized carbons (Fsp3) is 0.375. The molecule has 1 saturated heterocycles. The van der Waals surface area contributed by atoms with E-state index in [9.17, 15) is 35.9 Å². The molecule has 0 aromatic heterocycles. The van der Waals surface area contributed by atoms with Gasteiger partial charge < -0.3 is 4.74 Å². The zero-order chi connectivity index (χ0) is 20.6. The number of terminal acetylenes is 1. The van der Waals surface area contributed by atoms with E-state index < -0.39 is 54.2 Å². The van der Waals surface area contributed by atoms with Crippen LogP contribution in [0.2, 0.25) is 5.02 Å². The first-order valence-electron chi connectivity index (χ1n) is 7.25. The molecule has 1 heterocycles. The highest BCUT2D eigenvalue weighted by Crippen LogP contribution is 2.46. The van der Waals surface area contributed by atoms with Gasteiger partial charge in [-0.1, -0.05) is 17.5 Å². The molecule has 0 spiro atoms. The first kappa shape index (κ1) is 20.9. The van der Waals surface area contributed by atoms with E-state index in [1.807, 2.05) is 0 Å². The summed E-state index contributed by atoms with van der Waals surface area (Å²) in [6.07, 6.45) is -3.54. The van der Waals surface area contributed by atoms with Crippen molar-refractivity contribution in [1.82, 2.24) is 0 Å². The van der Waals surface area contributed by atoms with E-state index in [1.54, 1.807) is 0 Å². The van der Waals surface area contributed by atoms with Gasteiger partial charge in [-0.2, -0.15) is 22.0 Å². The third-order valence-electron chi connectivity index (χ3n) is 3.78. The summed E-state index contributed by atoms with van der Waals surface area (Å²) in [6.45, 7) is -0.285. The van der Waals surface area contributed by atoms with E-state index in [0.29, 0.717) is 6.07 Å². The molecule has 1 aromatic carbocycles. The van der Waals surface area contributed by atoms with Crippen LogP contribution in [-0.2, 0) is 9.59 Å². The maximum absolute atomic E-state index is 14.1. The molecule has 0 bridgehead atoms. The predicted molar refractivity (Wildman–Crippen MR) is 82.0 cm³/mol. The first-order valence-corrected chi connectivity index (χ1v) is 7.63. The van der Waals surface area contributed by atoms with Crippen LogP contribution in [0.1, 0.15) is 12.8 Å². The molecule has 0 N–H and O–H groups in total. The number of ether oxygens (including phenoxy) is 1. The van der Waals surface area contributed by atoms with Gasteiger partial charge >= 0.3 is 12.1 Å². The van der Waals surface area contributed by atoms with Crippen molar-refractivity contribution in [2.75, 3.05) is 11.5 Å². The lowest BCUT2D eigenvalue weighted by molar-refractivity contribution is -0.302. The lowest BCUT2D eigenvalue weighted by atomic mass is 9.88. The number of imide groups is 1. The zero-order valence-corrected chi connectivity index (χ0v) is 14.0. The van der Waals surface area contributed by atoms with Gasteiger partial charge in [-0.3, -0.25) is 9.59 Å². The number of nitrogens with zero attached hydrogens (tertiary/aromatic N) is 1. The minimum atomic E-state index is -5.93. The van der Waals surface area contributed by atoms with Crippen LogP contribution in [-0.4, -0.2) is 30.5 Å². The van der Waals surface area contributed by atoms with Crippen molar-refractivity contribution in [3.05, 3.63) is 23.0 Å². The second-order valence-corrected chi connectivity index (χ2v) is 5.98. The monoisotopic (exact) mass is 413 g/mol. The Bertz CT molecular complexity index is 800. The molecule has 2 amide bonds. The molecule has 27 heavy (non-hydrogen) atoms. The van der Waals surface area contributed by atoms with Gasteiger partial charge in [0.15, 0.2) is 0 Å². The van der Waals surface area contributed by atoms with E-state index in [1.165, 1.54) is 0 Å². The van der Waals surface area contributed by atoms with Gasteiger partial charge in [0.25, 0.3) is 0 Å². The van der Waals surface area contributed by atoms with Crippen molar-refractivity contribution in [1.29, 1.82) is 0 Å². The van der Waals surface area contributed by atoms with E-state index in [0.717, 1.165) is 6.07 Å². The maximum Gasteiger partial charge on any atom is 0.453 e. The van der Waals surface area contributed by atoms with Crippen LogP contribution >= 0.6 is 11.6 Å². The number of carbonyl (C=O) groups is 2. The van der Waals surface area contributed by atoms with Crippen LogP contribution in [0.4, 0.5) is 32.0 Å². The van der Waals surface area contributed by atoms with E-state index in [4.69, 9.17) is 22.8 Å². The number of anilines is 1. The highest BCUT2D eigenvalue weighted by atomic mass is 35.5. The Morgan fingerprint density at radius 2 is 1.74 bits per heavy atom. The van der Waals surface area contributed by atoms with Gasteiger partial charge in [0.05, 0.1) is 10.7 Å². The van der Waals surface area contributed by atoms with Crippen LogP contribution in [0.3, 0.4) is 0 Å². The number of rotatable bonds is 4. The third kappa shape index (κ3) is 3.98. The summed E-state index contributed by atoms with van der Waals surface area (Å²) in [5, 5.41) is -0.245. The summed E-state index contributed by atoms with van der Waals surface area (Å²) in [5.74, 6) is -9.92. The minimum absolute atomic E-state index is 0.192. The van der Waals surface area contributed by atoms with Crippen molar-refractivity contribution < 1.29 is 40.7 Å². The summed E-state index contributed by atoms with van der Waals surface area (Å²) in [4.78, 5) is 24.4. The van der Waals surface area contributed by atoms with Crippen LogP contribution in [0.15, 0.2) is 12.1 Å². The van der Waals surface area contributed by atoms with Gasteiger partial charge in [0.1, 0.15) is 18.2 Å². The summed E-state index contributed by atoms with van der Waals surface area (Å²) in [5.41, 5.74) is -0.685. The number of halogens is 7. The Labute approximate surface area is 154 Å². The number of carbonyl (C=O) groups excluding carboxylic acids is 2. The van der Waals surface area contributed by atoms with Crippen LogP contribution < -0.4 is 9.64 Å². The smallest absolute Gasteiger partial charge is 0.453 e. The van der Waals surface area contributed by atoms with Crippen LogP contribution in [0, 0.1) is 24.1 Å². The Hall–Kier alpha value is -2.41. The van der Waals surface area contributed by atoms with Crippen LogP contribution in [0.5, 0.6) is 5.75 Å². The molecule has 1 fully saturated rings. The van der Waals surface area contributed by atoms with Crippen molar-refractivity contribution in [2.45, 2.75) is 24.9 Å². The summed E-state index contributed by atoms with van der Waals surface area (Å²) in [7, 11) is 0. The lowest BCUT2D eigenvalue weighted by Crippen LogP contribution is -2.52. The van der Waals surface area contributed by atoms with Crippen molar-refractivity contribution in [3.63, 3.8) is 0 Å². The molecule has 1 aromatic rings. The fourth-order valence-corrected chi connectivity index (χ4v) is 2.70. The number of piperidine rings is 1. The molecule has 0 radical (unpaired) electrons. The number of amides is 2. The Morgan fingerprint density at radius 3 is 2.22 bits per heavy atom. The molecule has 1 aliphatic heterocycles. The van der Waals surface area contributed by atoms with Crippen molar-refractivity contribution >= 4 is 29.1 Å². The molecule has 0 unspecified atom stereocenters. The second-order valence-electron chi connectivity index (χ2n) is 5.58. The first-order chi connectivity index (χ1) is 12.4. The van der Waals surface area contributed by atoms with Gasteiger partial charge in [0.2, 0.25) is 11.8 Å². The fourth-order valence-electron chi connectivity index (χ4n) is 2.49. The Kier molecular flexibility index (Phi) is 5.65. The van der Waals surface area contributed by atoms with Gasteiger partial charge in [-0.05, 0) is 6.07 Å². The van der Waals surface area contributed by atoms with Crippen molar-refractivity contribution in [3.8, 4) is 18.1 Å². The molecule has 146 valence electrons. The highest BCUT2D eigenvalue weighted by Gasteiger charge is 2.64. The van der Waals surface area contributed by atoms with Gasteiger partial charge in [-0.15, -0.1) is 6.42 Å². The predicted octanol–water partition coefficient (Wildman–Crippen LogP) is 3.96. The van der Waals surface area contributed by atoms with E-state index in [-0.39, 0.29) is 22.3 Å². The number of alkyl halides is 5. The van der Waals surface area contributed by atoms with Gasteiger partial charge in [-0.25, -0.2) is 9.29 Å². The quantitative estimate of drug-likeness (QED) is 0.426. The Balaban J connectivity index is 2.36. The molecular weight excluding hydrogens is 404 g/mol. The van der Waals surface area contributed by atoms with Crippen molar-refractivity contribution in [2.24, 2.45) is 5.92 Å². The van der Waals surface area contributed by atoms with Crippen LogP contribution in [0.25, 0.3) is 0 Å². The normalized spacial score (nSPS) is 16.4. The zero-order valence-electron chi connectivity index (χ0n) is 13.2. The van der Waals surface area contributed by atoms with E-state index >= 15 is 0 Å². The average molecular weight is 414 g/mol. The topological polar surface area (TPSA) is 46.6 Å². The third-order valence-corrected chi connectivity index (χ3v) is 4.08. The minimum Gasteiger partial charge on any atom is -0.479 e. The molecule has 0 saturated carbocycles. The summed E-state index contributed by atoms with van der Waals surface area (Å²) < 4.78 is 83.5. The molecule has 1 aliphatic rings. The molecule has 11 heteroatoms. The largest absolute Gasteiger partial charge is 0.479 e. The average Bonchev–Trinajstić information content (AvgIpc) is 2.53. The Morgan fingerprint density at radius 1 is 1.19 bits per heavy atom. The highest BCUT2D eigenvalue weighted by molar-refractivity contribution is 6.32. The number of hydrogen-bond donors (Lipinski definition) is 0. The van der Waals surface area contributed by atoms with E-state index in [2.05, 4.69) is 5.92 Å². The standard InChI is InChI=1S/C16H10ClF6NO3/c1-2-3-27-12-7-11(10(18)6-9(12)17)24-13(25)4-8(5-14(24)26)15(19,20)16(21,22)23/h1,6-8H,3-5H2. The molecule has 4 nitrogen and oxygen atoms in total. The molecule has 0 atom stereocenters. The number of benzene rings is 1. The SMILES string of the molecule is C#CCOc1cc(N2C(=O)CC(C(F)(F)C(F)(F)F)CC2=O)c(F)cc1Cl. The molecule has 0 aliphatic carbocycles. The molecule has 2 rings (SSSR count). The van der Waals surface area contributed by atoms with Gasteiger partial charge in [0, 0.05) is 24.8 Å². The second kappa shape index (κ2) is 7.31. The summed E-state index contributed by atoms with van der Waals surface area (Å²) >= 11 is 5.74. The summed E-state index contributed by atoms with van der Waals surface area (Å²) in [6, 6.07) is 1.53. The molecular formula is C16H10ClF6NO3.